The summed E-state index contributed by atoms with van der Waals surface area (Å²) in [5.41, 5.74) is -0.506. The smallest absolute Gasteiger partial charge is 0.309 e. The van der Waals surface area contributed by atoms with Gasteiger partial charge in [0.05, 0.1) is 30.1 Å². The van der Waals surface area contributed by atoms with Crippen molar-refractivity contribution in [3.8, 4) is 0 Å². The summed E-state index contributed by atoms with van der Waals surface area (Å²) in [5, 5.41) is 41.4. The number of carbonyl (C=O) groups excluding carboxylic acids is 1. The lowest BCUT2D eigenvalue weighted by Gasteiger charge is -2.32. The van der Waals surface area contributed by atoms with Gasteiger partial charge in [-0.05, 0) is 57.6 Å². The number of rotatable bonds is 8. The first kappa shape index (κ1) is 30.5. The van der Waals surface area contributed by atoms with Crippen LogP contribution in [0.2, 0.25) is 0 Å². The molecule has 1 aliphatic rings. The van der Waals surface area contributed by atoms with Crippen molar-refractivity contribution in [1.82, 2.24) is 0 Å². The lowest BCUT2D eigenvalue weighted by Crippen LogP contribution is -2.37. The normalized spacial score (nSPS) is 30.6. The maximum Gasteiger partial charge on any atom is 0.309 e. The van der Waals surface area contributed by atoms with Gasteiger partial charge in [-0.2, -0.15) is 0 Å². The molecular formula is C30H42O7. The van der Waals surface area contributed by atoms with Crippen LogP contribution in [0.25, 0.3) is 0 Å². The fraction of sp³-hybridized carbons (Fsp3) is 0.533. The number of carboxylic acids is 1. The van der Waals surface area contributed by atoms with Gasteiger partial charge < -0.3 is 25.2 Å². The van der Waals surface area contributed by atoms with Crippen LogP contribution in [0.15, 0.2) is 66.3 Å². The molecule has 0 spiro atoms. The zero-order chi connectivity index (χ0) is 27.6. The lowest BCUT2D eigenvalue weighted by atomic mass is 9.80. The molecule has 204 valence electrons. The third-order valence-electron chi connectivity index (χ3n) is 6.99. The molecule has 1 aliphatic heterocycles. The van der Waals surface area contributed by atoms with E-state index in [0.29, 0.717) is 6.42 Å². The molecule has 0 saturated carbocycles. The highest BCUT2D eigenvalue weighted by Gasteiger charge is 2.34. The number of carboxylic acid groups (broad SMARTS) is 1. The van der Waals surface area contributed by atoms with Gasteiger partial charge >= 0.3 is 11.9 Å². The van der Waals surface area contributed by atoms with Crippen LogP contribution in [0, 0.1) is 11.8 Å². The summed E-state index contributed by atoms with van der Waals surface area (Å²) in [7, 11) is 0. The van der Waals surface area contributed by atoms with Gasteiger partial charge in [0.2, 0.25) is 0 Å². The predicted molar refractivity (Wildman–Crippen MR) is 143 cm³/mol. The van der Waals surface area contributed by atoms with E-state index in [9.17, 15) is 30.0 Å². The van der Waals surface area contributed by atoms with E-state index in [1.54, 1.807) is 44.2 Å². The van der Waals surface area contributed by atoms with Gasteiger partial charge in [0.1, 0.15) is 6.10 Å². The van der Waals surface area contributed by atoms with Crippen molar-refractivity contribution >= 4 is 11.9 Å². The highest BCUT2D eigenvalue weighted by Crippen LogP contribution is 2.30. The second-order valence-electron chi connectivity index (χ2n) is 10.7. The lowest BCUT2D eigenvalue weighted by molar-refractivity contribution is -0.151. The zero-order valence-corrected chi connectivity index (χ0v) is 22.3. The van der Waals surface area contributed by atoms with Gasteiger partial charge in [-0.25, -0.2) is 0 Å². The van der Waals surface area contributed by atoms with E-state index < -0.39 is 41.3 Å². The fourth-order valence-corrected chi connectivity index (χ4v) is 4.46. The van der Waals surface area contributed by atoms with Gasteiger partial charge in [-0.15, -0.1) is 0 Å². The van der Waals surface area contributed by atoms with Crippen molar-refractivity contribution in [2.24, 2.45) is 11.8 Å². The predicted octanol–water partition coefficient (Wildman–Crippen LogP) is 4.36. The topological polar surface area (TPSA) is 124 Å². The van der Waals surface area contributed by atoms with Gasteiger partial charge in [0.15, 0.2) is 0 Å². The van der Waals surface area contributed by atoms with Crippen LogP contribution in [-0.2, 0) is 20.7 Å². The number of aryl methyl sites for hydroxylation is 1. The third kappa shape index (κ3) is 10.6. The fourth-order valence-electron chi connectivity index (χ4n) is 4.46. The van der Waals surface area contributed by atoms with Crippen molar-refractivity contribution in [1.29, 1.82) is 0 Å². The van der Waals surface area contributed by atoms with E-state index in [1.165, 1.54) is 0 Å². The van der Waals surface area contributed by atoms with Crippen molar-refractivity contribution in [2.45, 2.75) is 89.6 Å². The number of ether oxygens (including phenoxy) is 1. The standard InChI is InChI=1S/C30H42O7/c1-21(9-8-16-29(3,35)17-14-23-10-6-5-7-11-23)28-22(2)12-13-24(19-26(32)33)30(4,36)18-15-25(31)20-27(34)37-28/h5-13,16,22,24-25,28,31,35-36H,14-15,17-20H2,1-4H3,(H,32,33)/b13-12+,16-8+,21-9+/t22-,24+,25+,28+,29?,30+/m0/s1. The number of hydrogen-bond acceptors (Lipinski definition) is 6. The van der Waals surface area contributed by atoms with E-state index in [2.05, 4.69) is 0 Å². The average molecular weight is 515 g/mol. The Bertz CT molecular complexity index is 975. The van der Waals surface area contributed by atoms with Gasteiger partial charge in [-0.3, -0.25) is 9.59 Å². The van der Waals surface area contributed by atoms with Crippen molar-refractivity contribution in [2.75, 3.05) is 0 Å². The van der Waals surface area contributed by atoms with Crippen LogP contribution in [-0.4, -0.2) is 55.8 Å². The summed E-state index contributed by atoms with van der Waals surface area (Å²) in [6.07, 6.45) is 8.10. The zero-order valence-electron chi connectivity index (χ0n) is 22.3. The molecule has 2 rings (SSSR count). The van der Waals surface area contributed by atoms with Gasteiger partial charge in [-0.1, -0.05) is 67.6 Å². The molecule has 0 amide bonds. The minimum atomic E-state index is -1.35. The molecule has 0 radical (unpaired) electrons. The molecule has 37 heavy (non-hydrogen) atoms. The first-order valence-electron chi connectivity index (χ1n) is 12.9. The monoisotopic (exact) mass is 514 g/mol. The van der Waals surface area contributed by atoms with Crippen molar-refractivity contribution in [3.05, 3.63) is 71.8 Å². The second-order valence-corrected chi connectivity index (χ2v) is 10.7. The van der Waals surface area contributed by atoms with Gasteiger partial charge in [0.25, 0.3) is 0 Å². The number of aliphatic carboxylic acids is 1. The minimum Gasteiger partial charge on any atom is -0.481 e. The highest BCUT2D eigenvalue weighted by molar-refractivity contribution is 5.70. The second kappa shape index (κ2) is 13.7. The molecule has 6 atom stereocenters. The Morgan fingerprint density at radius 2 is 1.92 bits per heavy atom. The van der Waals surface area contributed by atoms with Crippen LogP contribution in [0.5, 0.6) is 0 Å². The first-order chi connectivity index (χ1) is 17.3. The highest BCUT2D eigenvalue weighted by atomic mass is 16.5. The van der Waals surface area contributed by atoms with Crippen LogP contribution in [0.1, 0.15) is 65.4 Å². The summed E-state index contributed by atoms with van der Waals surface area (Å²) >= 11 is 0. The molecule has 7 heteroatoms. The van der Waals surface area contributed by atoms with E-state index in [0.717, 1.165) is 17.6 Å². The molecule has 1 aromatic rings. The molecule has 0 bridgehead atoms. The largest absolute Gasteiger partial charge is 0.481 e. The number of aliphatic hydroxyl groups excluding tert-OH is 1. The molecule has 4 N–H and O–H groups in total. The average Bonchev–Trinajstić information content (AvgIpc) is 2.82. The van der Waals surface area contributed by atoms with E-state index >= 15 is 0 Å². The number of aliphatic hydroxyl groups is 3. The van der Waals surface area contributed by atoms with Crippen molar-refractivity contribution in [3.63, 3.8) is 0 Å². The molecular weight excluding hydrogens is 472 g/mol. The number of carbonyl (C=O) groups is 2. The quantitative estimate of drug-likeness (QED) is 0.231. The number of hydrogen-bond donors (Lipinski definition) is 4. The number of cyclic esters (lactones) is 1. The Morgan fingerprint density at radius 1 is 1.24 bits per heavy atom. The molecule has 0 aliphatic carbocycles. The SMILES string of the molecule is C/C(=C\C=C\C(C)(O)CCc1ccccc1)[C@H]1OC(=O)C[C@H](O)CC[C@@](C)(O)[C@@H](CC(=O)O)/C=C/[C@@H]1C. The molecule has 1 heterocycles. The van der Waals surface area contributed by atoms with Crippen LogP contribution in [0.4, 0.5) is 0 Å². The first-order valence-corrected chi connectivity index (χ1v) is 12.9. The Morgan fingerprint density at radius 3 is 2.57 bits per heavy atom. The van der Waals surface area contributed by atoms with Crippen LogP contribution >= 0.6 is 0 Å². The molecule has 7 nitrogen and oxygen atoms in total. The third-order valence-corrected chi connectivity index (χ3v) is 6.99. The van der Waals surface area contributed by atoms with Crippen LogP contribution < -0.4 is 0 Å². The van der Waals surface area contributed by atoms with E-state index in [4.69, 9.17) is 4.74 Å². The summed E-state index contributed by atoms with van der Waals surface area (Å²) in [4.78, 5) is 24.0. The van der Waals surface area contributed by atoms with E-state index in [1.807, 2.05) is 44.2 Å². The molecule has 0 saturated heterocycles. The van der Waals surface area contributed by atoms with Crippen molar-refractivity contribution < 1.29 is 34.8 Å². The molecule has 1 unspecified atom stereocenters. The number of esters is 1. The molecule has 0 fully saturated rings. The maximum atomic E-state index is 12.6. The Balaban J connectivity index is 2.22. The Hall–Kier alpha value is -2.74. The number of allylic oxidation sites excluding steroid dienone is 2. The van der Waals surface area contributed by atoms with Gasteiger partial charge in [0, 0.05) is 11.8 Å². The molecule has 0 aromatic heterocycles. The summed E-state index contributed by atoms with van der Waals surface area (Å²) < 4.78 is 5.73. The van der Waals surface area contributed by atoms with E-state index in [-0.39, 0.29) is 31.6 Å². The number of benzene rings is 1. The summed E-state index contributed by atoms with van der Waals surface area (Å²) in [6.45, 7) is 6.97. The summed E-state index contributed by atoms with van der Waals surface area (Å²) in [6, 6.07) is 9.93. The summed E-state index contributed by atoms with van der Waals surface area (Å²) in [5.74, 6) is -2.57. The Labute approximate surface area is 220 Å². The van der Waals surface area contributed by atoms with Crippen LogP contribution in [0.3, 0.4) is 0 Å². The molecule has 1 aromatic carbocycles. The minimum absolute atomic E-state index is 0.141. The Kier molecular flexibility index (Phi) is 11.3. The maximum absolute atomic E-state index is 12.6.